The average Bonchev–Trinajstić information content (AvgIpc) is 2.82. The zero-order valence-corrected chi connectivity index (χ0v) is 14.8. The molecule has 1 amide bonds. The van der Waals surface area contributed by atoms with Crippen LogP contribution in [0.1, 0.15) is 51.0 Å². The normalized spacial score (nSPS) is 15.2. The highest BCUT2D eigenvalue weighted by molar-refractivity contribution is 7.80. The second-order valence-corrected chi connectivity index (χ2v) is 6.62. The van der Waals surface area contributed by atoms with Crippen molar-refractivity contribution in [2.45, 2.75) is 45.4 Å². The summed E-state index contributed by atoms with van der Waals surface area (Å²) < 4.78 is 5.68. The molecule has 126 valence electrons. The lowest BCUT2D eigenvalue weighted by molar-refractivity contribution is -0.121. The molecule has 0 bridgehead atoms. The van der Waals surface area contributed by atoms with Gasteiger partial charge < -0.3 is 15.0 Å². The fraction of sp³-hybridized carbons (Fsp3) is 0.556. The molecule has 1 aliphatic rings. The third kappa shape index (κ3) is 5.50. The molecule has 1 aliphatic heterocycles. The number of thiocarbonyl (C=S) groups is 1. The lowest BCUT2D eigenvalue weighted by Crippen LogP contribution is -2.44. The summed E-state index contributed by atoms with van der Waals surface area (Å²) in [5, 5.41) is 3.32. The number of nitrogens with one attached hydrogen (secondary N) is 1. The topological polar surface area (TPSA) is 41.6 Å². The van der Waals surface area contributed by atoms with Crippen molar-refractivity contribution in [1.82, 2.24) is 10.2 Å². The Bertz CT molecular complexity index is 538. The quantitative estimate of drug-likeness (QED) is 0.856. The lowest BCUT2D eigenvalue weighted by Gasteiger charge is -2.23. The summed E-state index contributed by atoms with van der Waals surface area (Å²) in [4.78, 5) is 14.2. The van der Waals surface area contributed by atoms with Crippen LogP contribution in [-0.2, 0) is 4.79 Å². The van der Waals surface area contributed by atoms with Crippen molar-refractivity contribution in [3.8, 4) is 5.75 Å². The van der Waals surface area contributed by atoms with E-state index in [0.29, 0.717) is 11.0 Å². The number of para-hydroxylation sites is 1. The minimum Gasteiger partial charge on any atom is -0.483 e. The molecule has 0 aliphatic carbocycles. The van der Waals surface area contributed by atoms with Gasteiger partial charge in [0, 0.05) is 13.1 Å². The number of amides is 1. The maximum Gasteiger partial charge on any atom is 0.264 e. The number of hydrogen-bond acceptors (Lipinski definition) is 3. The summed E-state index contributed by atoms with van der Waals surface area (Å²) in [5.74, 6) is 0.920. The summed E-state index contributed by atoms with van der Waals surface area (Å²) in [5.41, 5.74) is 1.11. The highest BCUT2D eigenvalue weighted by Gasteiger charge is 2.15. The number of nitrogens with zero attached hydrogens (tertiary/aromatic N) is 1. The maximum absolute atomic E-state index is 12.1. The number of carbonyl (C=O) groups is 1. The van der Waals surface area contributed by atoms with Crippen molar-refractivity contribution >= 4 is 23.2 Å². The highest BCUT2D eigenvalue weighted by atomic mass is 32.1. The number of carbonyl (C=O) groups excluding carboxylic acids is 1. The van der Waals surface area contributed by atoms with Gasteiger partial charge in [0.1, 0.15) is 5.75 Å². The third-order valence-electron chi connectivity index (χ3n) is 4.04. The zero-order valence-electron chi connectivity index (χ0n) is 14.0. The Morgan fingerprint density at radius 2 is 1.87 bits per heavy atom. The molecule has 0 saturated carbocycles. The molecule has 0 spiro atoms. The first kappa shape index (κ1) is 17.7. The van der Waals surface area contributed by atoms with E-state index in [-0.39, 0.29) is 12.5 Å². The van der Waals surface area contributed by atoms with E-state index in [1.807, 2.05) is 24.3 Å². The van der Waals surface area contributed by atoms with Gasteiger partial charge in [0.25, 0.3) is 5.91 Å². The van der Waals surface area contributed by atoms with Gasteiger partial charge in [-0.3, -0.25) is 4.79 Å². The molecule has 5 heteroatoms. The third-order valence-corrected chi connectivity index (χ3v) is 4.40. The molecule has 1 aromatic rings. The molecule has 0 aromatic heterocycles. The molecule has 0 atom stereocenters. The molecule has 23 heavy (non-hydrogen) atoms. The van der Waals surface area contributed by atoms with Gasteiger partial charge in [-0.2, -0.15) is 0 Å². The Balaban J connectivity index is 1.84. The van der Waals surface area contributed by atoms with Crippen LogP contribution < -0.4 is 10.1 Å². The van der Waals surface area contributed by atoms with Gasteiger partial charge in [-0.25, -0.2) is 0 Å². The summed E-state index contributed by atoms with van der Waals surface area (Å²) in [6.07, 6.45) is 4.74. The first-order valence-corrected chi connectivity index (χ1v) is 8.79. The van der Waals surface area contributed by atoms with Crippen LogP contribution >= 0.6 is 12.2 Å². The van der Waals surface area contributed by atoms with Gasteiger partial charge >= 0.3 is 0 Å². The standard InChI is InChI=1S/C18H26N2O2S/c1-14(2)15-9-5-6-10-16(15)22-13-17(21)19-18(23)20-11-7-3-4-8-12-20/h5-6,9-10,14H,3-4,7-8,11-13H2,1-2H3,(H,19,21,23). The van der Waals surface area contributed by atoms with Crippen LogP contribution in [0.25, 0.3) is 0 Å². The van der Waals surface area contributed by atoms with Crippen LogP contribution in [-0.4, -0.2) is 35.6 Å². The van der Waals surface area contributed by atoms with Crippen molar-refractivity contribution in [2.24, 2.45) is 0 Å². The molecular weight excluding hydrogens is 308 g/mol. The van der Waals surface area contributed by atoms with Crippen molar-refractivity contribution in [3.05, 3.63) is 29.8 Å². The Morgan fingerprint density at radius 3 is 2.52 bits per heavy atom. The molecule has 2 rings (SSSR count). The van der Waals surface area contributed by atoms with E-state index in [1.54, 1.807) is 0 Å². The van der Waals surface area contributed by atoms with Gasteiger partial charge in [0.2, 0.25) is 0 Å². The van der Waals surface area contributed by atoms with E-state index < -0.39 is 0 Å². The smallest absolute Gasteiger partial charge is 0.264 e. The number of ether oxygens (including phenoxy) is 1. The second kappa shape index (κ2) is 8.87. The van der Waals surface area contributed by atoms with E-state index >= 15 is 0 Å². The van der Waals surface area contributed by atoms with E-state index in [9.17, 15) is 4.79 Å². The molecule has 1 fully saturated rings. The first-order chi connectivity index (χ1) is 11.1. The Morgan fingerprint density at radius 1 is 1.22 bits per heavy atom. The summed E-state index contributed by atoms with van der Waals surface area (Å²) in [6.45, 7) is 6.05. The van der Waals surface area contributed by atoms with E-state index in [0.717, 1.165) is 37.2 Å². The fourth-order valence-corrected chi connectivity index (χ4v) is 3.04. The van der Waals surface area contributed by atoms with Crippen molar-refractivity contribution in [3.63, 3.8) is 0 Å². The number of likely N-dealkylation sites (tertiary alicyclic amines) is 1. The van der Waals surface area contributed by atoms with E-state index in [2.05, 4.69) is 24.1 Å². The van der Waals surface area contributed by atoms with Gasteiger partial charge in [0.15, 0.2) is 11.7 Å². The molecule has 1 saturated heterocycles. The van der Waals surface area contributed by atoms with Gasteiger partial charge in [0.05, 0.1) is 0 Å². The van der Waals surface area contributed by atoms with Crippen LogP contribution in [0.4, 0.5) is 0 Å². The molecule has 0 radical (unpaired) electrons. The second-order valence-electron chi connectivity index (χ2n) is 6.24. The first-order valence-electron chi connectivity index (χ1n) is 8.38. The molecule has 0 unspecified atom stereocenters. The predicted octanol–water partition coefficient (Wildman–Crippen LogP) is 3.47. The number of benzene rings is 1. The zero-order chi connectivity index (χ0) is 16.7. The lowest BCUT2D eigenvalue weighted by atomic mass is 10.0. The molecule has 1 heterocycles. The minimum absolute atomic E-state index is 0.0162. The number of hydrogen-bond donors (Lipinski definition) is 1. The summed E-state index contributed by atoms with van der Waals surface area (Å²) in [6, 6.07) is 7.83. The molecule has 1 aromatic carbocycles. The van der Waals surface area contributed by atoms with Crippen LogP contribution in [0, 0.1) is 0 Å². The number of rotatable bonds is 4. The van der Waals surface area contributed by atoms with Gasteiger partial charge in [-0.05, 0) is 42.6 Å². The predicted molar refractivity (Wildman–Crippen MR) is 96.8 cm³/mol. The Labute approximate surface area is 144 Å². The van der Waals surface area contributed by atoms with Crippen LogP contribution in [0.15, 0.2) is 24.3 Å². The Kier molecular flexibility index (Phi) is 6.84. The van der Waals surface area contributed by atoms with Gasteiger partial charge in [-0.15, -0.1) is 0 Å². The highest BCUT2D eigenvalue weighted by Crippen LogP contribution is 2.25. The fourth-order valence-electron chi connectivity index (χ4n) is 2.74. The average molecular weight is 334 g/mol. The molecule has 1 N–H and O–H groups in total. The van der Waals surface area contributed by atoms with Crippen LogP contribution in [0.3, 0.4) is 0 Å². The van der Waals surface area contributed by atoms with E-state index in [4.69, 9.17) is 17.0 Å². The maximum atomic E-state index is 12.1. The molecule has 4 nitrogen and oxygen atoms in total. The van der Waals surface area contributed by atoms with Crippen LogP contribution in [0.2, 0.25) is 0 Å². The molecular formula is C18H26N2O2S. The van der Waals surface area contributed by atoms with Gasteiger partial charge in [-0.1, -0.05) is 44.9 Å². The van der Waals surface area contributed by atoms with Crippen molar-refractivity contribution in [2.75, 3.05) is 19.7 Å². The summed E-state index contributed by atoms with van der Waals surface area (Å²) >= 11 is 5.35. The van der Waals surface area contributed by atoms with Crippen molar-refractivity contribution < 1.29 is 9.53 Å². The Hall–Kier alpha value is -1.62. The van der Waals surface area contributed by atoms with E-state index in [1.165, 1.54) is 12.8 Å². The largest absolute Gasteiger partial charge is 0.483 e. The SMILES string of the molecule is CC(C)c1ccccc1OCC(=O)NC(=S)N1CCCCCC1. The minimum atomic E-state index is -0.196. The summed E-state index contributed by atoms with van der Waals surface area (Å²) in [7, 11) is 0. The van der Waals surface area contributed by atoms with Crippen molar-refractivity contribution in [1.29, 1.82) is 0 Å². The van der Waals surface area contributed by atoms with Crippen LogP contribution in [0.5, 0.6) is 5.75 Å². The monoisotopic (exact) mass is 334 g/mol.